The lowest BCUT2D eigenvalue weighted by molar-refractivity contribution is 0.118. The van der Waals surface area contributed by atoms with E-state index in [1.165, 1.54) is 45.2 Å². The quantitative estimate of drug-likeness (QED) is 0.536. The molecule has 2 rings (SSSR count). The Morgan fingerprint density at radius 3 is 2.67 bits per heavy atom. The van der Waals surface area contributed by atoms with E-state index >= 15 is 0 Å². The van der Waals surface area contributed by atoms with Crippen molar-refractivity contribution >= 4 is 0 Å². The van der Waals surface area contributed by atoms with E-state index < -0.39 is 0 Å². The Bertz CT molecular complexity index is 162. The zero-order chi connectivity index (χ0) is 8.60. The van der Waals surface area contributed by atoms with Gasteiger partial charge in [0, 0.05) is 6.54 Å². The van der Waals surface area contributed by atoms with Gasteiger partial charge in [-0.3, -0.25) is 0 Å². The summed E-state index contributed by atoms with van der Waals surface area (Å²) in [4.78, 5) is 2.52. The van der Waals surface area contributed by atoms with E-state index in [-0.39, 0.29) is 0 Å². The predicted molar refractivity (Wildman–Crippen MR) is 52.2 cm³/mol. The highest BCUT2D eigenvalue weighted by molar-refractivity contribution is 4.94. The van der Waals surface area contributed by atoms with E-state index in [4.69, 9.17) is 0 Å². The molecule has 0 bridgehead atoms. The van der Waals surface area contributed by atoms with Crippen molar-refractivity contribution in [2.75, 3.05) is 20.1 Å². The molecule has 1 saturated carbocycles. The van der Waals surface area contributed by atoms with E-state index in [1.54, 1.807) is 0 Å². The Hall–Kier alpha value is -0.0400. The third kappa shape index (κ3) is 1.28. The molecule has 1 aliphatic heterocycles. The van der Waals surface area contributed by atoms with Gasteiger partial charge in [-0.2, -0.15) is 0 Å². The molecule has 70 valence electrons. The monoisotopic (exact) mass is 167 g/mol. The van der Waals surface area contributed by atoms with Crippen LogP contribution in [0.4, 0.5) is 0 Å². The van der Waals surface area contributed by atoms with Crippen LogP contribution in [0.5, 0.6) is 0 Å². The predicted octanol–water partition coefficient (Wildman–Crippen LogP) is 2.52. The maximum Gasteiger partial charge on any atom is 0.00380 e. The van der Waals surface area contributed by atoms with Crippen LogP contribution in [0.1, 0.15) is 39.0 Å². The fourth-order valence-corrected chi connectivity index (χ4v) is 3.20. The van der Waals surface area contributed by atoms with E-state index in [2.05, 4.69) is 18.9 Å². The third-order valence-electron chi connectivity index (χ3n) is 4.18. The second-order valence-corrected chi connectivity index (χ2v) is 5.00. The molecule has 1 saturated heterocycles. The molecule has 2 atom stereocenters. The van der Waals surface area contributed by atoms with Crippen LogP contribution in [0.2, 0.25) is 0 Å². The van der Waals surface area contributed by atoms with Gasteiger partial charge in [-0.25, -0.2) is 0 Å². The highest BCUT2D eigenvalue weighted by Gasteiger charge is 2.42. The fourth-order valence-electron chi connectivity index (χ4n) is 3.20. The molecule has 0 aromatic heterocycles. The van der Waals surface area contributed by atoms with Crippen molar-refractivity contribution in [2.45, 2.75) is 39.0 Å². The molecule has 2 unspecified atom stereocenters. The number of nitrogens with zero attached hydrogens (tertiary/aromatic N) is 1. The first-order valence-corrected chi connectivity index (χ1v) is 5.41. The van der Waals surface area contributed by atoms with Gasteiger partial charge < -0.3 is 4.90 Å². The van der Waals surface area contributed by atoms with Gasteiger partial charge in [-0.05, 0) is 37.8 Å². The average Bonchev–Trinajstić information content (AvgIpc) is 2.41. The molecule has 0 aromatic rings. The Morgan fingerprint density at radius 2 is 2.08 bits per heavy atom. The van der Waals surface area contributed by atoms with Crippen molar-refractivity contribution in [1.29, 1.82) is 0 Å². The second-order valence-electron chi connectivity index (χ2n) is 5.00. The highest BCUT2D eigenvalue weighted by atomic mass is 15.1. The molecule has 0 radical (unpaired) electrons. The Balaban J connectivity index is 2.07. The molecule has 12 heavy (non-hydrogen) atoms. The summed E-state index contributed by atoms with van der Waals surface area (Å²) in [5, 5.41) is 0. The van der Waals surface area contributed by atoms with Crippen LogP contribution < -0.4 is 0 Å². The summed E-state index contributed by atoms with van der Waals surface area (Å²) in [6, 6.07) is 0. The maximum absolute atomic E-state index is 2.52. The second kappa shape index (κ2) is 3.02. The molecule has 1 heteroatoms. The molecular formula is C11H21N. The van der Waals surface area contributed by atoms with Crippen LogP contribution in [0.3, 0.4) is 0 Å². The molecule has 1 aliphatic carbocycles. The van der Waals surface area contributed by atoms with Crippen molar-refractivity contribution in [2.24, 2.45) is 11.3 Å². The van der Waals surface area contributed by atoms with Gasteiger partial charge in [0.05, 0.1) is 0 Å². The SMILES string of the molecule is CC1CCCCC12CCN(C)C2. The Kier molecular flexibility index (Phi) is 2.16. The molecule has 1 nitrogen and oxygen atoms in total. The smallest absolute Gasteiger partial charge is 0.00380 e. The van der Waals surface area contributed by atoms with Crippen LogP contribution >= 0.6 is 0 Å². The number of rotatable bonds is 0. The van der Waals surface area contributed by atoms with Crippen LogP contribution in [-0.2, 0) is 0 Å². The van der Waals surface area contributed by atoms with Crippen molar-refractivity contribution in [1.82, 2.24) is 4.90 Å². The summed E-state index contributed by atoms with van der Waals surface area (Å²) < 4.78 is 0. The van der Waals surface area contributed by atoms with E-state index in [0.717, 1.165) is 11.3 Å². The van der Waals surface area contributed by atoms with Crippen LogP contribution in [0.25, 0.3) is 0 Å². The van der Waals surface area contributed by atoms with Gasteiger partial charge in [0.25, 0.3) is 0 Å². The molecule has 0 aromatic carbocycles. The van der Waals surface area contributed by atoms with Crippen molar-refractivity contribution in [3.05, 3.63) is 0 Å². The van der Waals surface area contributed by atoms with Crippen molar-refractivity contribution < 1.29 is 0 Å². The number of hydrogen-bond acceptors (Lipinski definition) is 1. The molecule has 1 spiro atoms. The molecular weight excluding hydrogens is 146 g/mol. The largest absolute Gasteiger partial charge is 0.306 e. The van der Waals surface area contributed by atoms with E-state index in [0.29, 0.717) is 0 Å². The normalized spacial score (nSPS) is 44.0. The fraction of sp³-hybridized carbons (Fsp3) is 1.00. The third-order valence-corrected chi connectivity index (χ3v) is 4.18. The summed E-state index contributed by atoms with van der Waals surface area (Å²) in [5.74, 6) is 0.983. The van der Waals surface area contributed by atoms with Gasteiger partial charge in [-0.15, -0.1) is 0 Å². The molecule has 1 heterocycles. The average molecular weight is 167 g/mol. The van der Waals surface area contributed by atoms with Gasteiger partial charge in [0.2, 0.25) is 0 Å². The zero-order valence-electron chi connectivity index (χ0n) is 8.47. The first-order valence-electron chi connectivity index (χ1n) is 5.41. The molecule has 2 aliphatic rings. The summed E-state index contributed by atoms with van der Waals surface area (Å²) in [5.41, 5.74) is 0.729. The Morgan fingerprint density at radius 1 is 1.25 bits per heavy atom. The summed E-state index contributed by atoms with van der Waals surface area (Å²) in [6.45, 7) is 5.18. The molecule has 2 fully saturated rings. The topological polar surface area (TPSA) is 3.24 Å². The maximum atomic E-state index is 2.52. The minimum absolute atomic E-state index is 0.729. The lowest BCUT2D eigenvalue weighted by atomic mass is 9.66. The zero-order valence-corrected chi connectivity index (χ0v) is 8.47. The van der Waals surface area contributed by atoms with Crippen LogP contribution in [0.15, 0.2) is 0 Å². The van der Waals surface area contributed by atoms with Crippen molar-refractivity contribution in [3.63, 3.8) is 0 Å². The summed E-state index contributed by atoms with van der Waals surface area (Å²) in [7, 11) is 2.27. The first kappa shape index (κ1) is 8.55. The van der Waals surface area contributed by atoms with Crippen molar-refractivity contribution in [3.8, 4) is 0 Å². The van der Waals surface area contributed by atoms with Gasteiger partial charge in [-0.1, -0.05) is 26.2 Å². The summed E-state index contributed by atoms with van der Waals surface area (Å²) >= 11 is 0. The van der Waals surface area contributed by atoms with Gasteiger partial charge in [0.1, 0.15) is 0 Å². The van der Waals surface area contributed by atoms with Gasteiger partial charge >= 0.3 is 0 Å². The number of hydrogen-bond donors (Lipinski definition) is 0. The number of likely N-dealkylation sites (tertiary alicyclic amines) is 1. The first-order chi connectivity index (χ1) is 5.73. The Labute approximate surface area is 76.1 Å². The minimum atomic E-state index is 0.729. The lowest BCUT2D eigenvalue weighted by Crippen LogP contribution is -2.34. The van der Waals surface area contributed by atoms with Gasteiger partial charge in [0.15, 0.2) is 0 Å². The molecule has 0 N–H and O–H groups in total. The summed E-state index contributed by atoms with van der Waals surface area (Å²) in [6.07, 6.45) is 7.40. The van der Waals surface area contributed by atoms with E-state index in [9.17, 15) is 0 Å². The molecule has 0 amide bonds. The van der Waals surface area contributed by atoms with Crippen LogP contribution in [0, 0.1) is 11.3 Å². The van der Waals surface area contributed by atoms with Crippen LogP contribution in [-0.4, -0.2) is 25.0 Å². The highest BCUT2D eigenvalue weighted by Crippen LogP contribution is 2.47. The lowest BCUT2D eigenvalue weighted by Gasteiger charge is -2.39. The standard InChI is InChI=1S/C11H21N/c1-10-5-3-4-6-11(10)7-8-12(2)9-11/h10H,3-9H2,1-2H3. The van der Waals surface area contributed by atoms with E-state index in [1.807, 2.05) is 0 Å². The minimum Gasteiger partial charge on any atom is -0.306 e.